The van der Waals surface area contributed by atoms with E-state index in [0.29, 0.717) is 6.42 Å². The Bertz CT molecular complexity index is 639. The summed E-state index contributed by atoms with van der Waals surface area (Å²) >= 11 is 1.01. The van der Waals surface area contributed by atoms with Gasteiger partial charge >= 0.3 is 7.82 Å². The molecule has 0 aromatic heterocycles. The lowest BCUT2D eigenvalue weighted by Gasteiger charge is -2.17. The third kappa shape index (κ3) is 8.05. The van der Waals surface area contributed by atoms with Crippen LogP contribution in [0.3, 0.4) is 0 Å². The SMILES string of the molecule is O=P(O)(O)OC[C@@H](Cc1ccccc1)NOOSc1ccccc1. The highest BCUT2D eigenvalue weighted by molar-refractivity contribution is 7.94. The van der Waals surface area contributed by atoms with Gasteiger partial charge in [0, 0.05) is 4.90 Å². The van der Waals surface area contributed by atoms with Gasteiger partial charge in [-0.05, 0) is 24.1 Å². The molecule has 7 nitrogen and oxygen atoms in total. The van der Waals surface area contributed by atoms with Crippen LogP contribution in [-0.4, -0.2) is 22.4 Å². The normalized spacial score (nSPS) is 12.9. The Morgan fingerprint density at radius 2 is 1.67 bits per heavy atom. The molecule has 0 aliphatic rings. The number of phosphoric acid groups is 1. The molecule has 0 saturated carbocycles. The van der Waals surface area contributed by atoms with Gasteiger partial charge in [-0.2, -0.15) is 5.48 Å². The largest absolute Gasteiger partial charge is 0.469 e. The van der Waals surface area contributed by atoms with Crippen LogP contribution in [0, 0.1) is 0 Å². The number of hydroxylamine groups is 1. The van der Waals surface area contributed by atoms with E-state index in [-0.39, 0.29) is 6.61 Å². The number of phosphoric ester groups is 1. The van der Waals surface area contributed by atoms with E-state index >= 15 is 0 Å². The molecule has 0 bridgehead atoms. The van der Waals surface area contributed by atoms with E-state index in [1.54, 1.807) is 0 Å². The fourth-order valence-corrected chi connectivity index (χ4v) is 2.63. The maximum Gasteiger partial charge on any atom is 0.469 e. The number of hydrogen-bond acceptors (Lipinski definition) is 6. The smallest absolute Gasteiger partial charge is 0.303 e. The van der Waals surface area contributed by atoms with E-state index in [1.807, 2.05) is 60.7 Å². The molecule has 0 saturated heterocycles. The van der Waals surface area contributed by atoms with E-state index in [4.69, 9.17) is 19.1 Å². The predicted molar refractivity (Wildman–Crippen MR) is 89.5 cm³/mol. The second-order valence-electron chi connectivity index (χ2n) is 4.84. The first kappa shape index (κ1) is 19.1. The van der Waals surface area contributed by atoms with Gasteiger partial charge in [0.1, 0.15) is 0 Å². The summed E-state index contributed by atoms with van der Waals surface area (Å²) in [4.78, 5) is 23.4. The molecule has 2 rings (SSSR count). The zero-order valence-electron chi connectivity index (χ0n) is 12.6. The van der Waals surface area contributed by atoms with Crippen molar-refractivity contribution >= 4 is 19.9 Å². The van der Waals surface area contributed by atoms with Crippen LogP contribution < -0.4 is 5.48 Å². The second kappa shape index (κ2) is 9.93. The molecule has 24 heavy (non-hydrogen) atoms. The highest BCUT2D eigenvalue weighted by atomic mass is 32.2. The molecule has 130 valence electrons. The monoisotopic (exact) mass is 371 g/mol. The third-order valence-corrected chi connectivity index (χ3v) is 3.98. The molecule has 9 heteroatoms. The predicted octanol–water partition coefficient (Wildman–Crippen LogP) is 2.87. The molecule has 0 heterocycles. The van der Waals surface area contributed by atoms with Gasteiger partial charge in [-0.25, -0.2) is 4.57 Å². The Morgan fingerprint density at radius 1 is 1.04 bits per heavy atom. The number of hydrogen-bond donors (Lipinski definition) is 3. The molecule has 0 fully saturated rings. The van der Waals surface area contributed by atoms with E-state index in [2.05, 4.69) is 10.0 Å². The van der Waals surface area contributed by atoms with Gasteiger partial charge in [0.25, 0.3) is 0 Å². The molecule has 0 spiro atoms. The fourth-order valence-electron chi connectivity index (χ4n) is 1.84. The topological polar surface area (TPSA) is 97.3 Å². The average Bonchev–Trinajstić information content (AvgIpc) is 2.57. The maximum atomic E-state index is 10.9. The third-order valence-electron chi connectivity index (χ3n) is 2.89. The summed E-state index contributed by atoms with van der Waals surface area (Å²) in [5.41, 5.74) is 3.56. The first-order valence-corrected chi connectivity index (χ1v) is 9.35. The molecular formula is C15H18NO6PS. The van der Waals surface area contributed by atoms with Gasteiger partial charge in [0.05, 0.1) is 24.7 Å². The zero-order valence-corrected chi connectivity index (χ0v) is 14.4. The van der Waals surface area contributed by atoms with Crippen molar-refractivity contribution < 1.29 is 28.2 Å². The van der Waals surface area contributed by atoms with Crippen LogP contribution >= 0.6 is 19.9 Å². The molecule has 0 amide bonds. The van der Waals surface area contributed by atoms with Crippen molar-refractivity contribution in [3.63, 3.8) is 0 Å². The molecule has 0 aliphatic carbocycles. The van der Waals surface area contributed by atoms with Crippen LogP contribution in [0.25, 0.3) is 0 Å². The molecule has 2 aromatic carbocycles. The lowest BCUT2D eigenvalue weighted by molar-refractivity contribution is -0.255. The minimum Gasteiger partial charge on any atom is -0.303 e. The molecule has 3 N–H and O–H groups in total. The highest BCUT2D eigenvalue weighted by Gasteiger charge is 2.19. The summed E-state index contributed by atoms with van der Waals surface area (Å²) in [6.45, 7) is -0.238. The van der Waals surface area contributed by atoms with Gasteiger partial charge in [0.2, 0.25) is 0 Å². The second-order valence-corrected chi connectivity index (χ2v) is 6.85. The van der Waals surface area contributed by atoms with Gasteiger partial charge in [-0.3, -0.25) is 4.52 Å². The van der Waals surface area contributed by atoms with Crippen molar-refractivity contribution in [1.82, 2.24) is 5.48 Å². The molecule has 2 aromatic rings. The molecule has 0 unspecified atom stereocenters. The van der Waals surface area contributed by atoms with Crippen LogP contribution in [0.2, 0.25) is 0 Å². The average molecular weight is 371 g/mol. The van der Waals surface area contributed by atoms with E-state index in [9.17, 15) is 4.57 Å². The Hall–Kier alpha value is -1.22. The van der Waals surface area contributed by atoms with E-state index < -0.39 is 13.9 Å². The van der Waals surface area contributed by atoms with Crippen LogP contribution in [0.15, 0.2) is 65.6 Å². The van der Waals surface area contributed by atoms with Gasteiger partial charge in [-0.15, -0.1) is 9.32 Å². The number of benzene rings is 2. The summed E-state index contributed by atoms with van der Waals surface area (Å²) in [7, 11) is -4.55. The Balaban J connectivity index is 1.81. The summed E-state index contributed by atoms with van der Waals surface area (Å²) in [5, 5.41) is 0. The van der Waals surface area contributed by atoms with E-state index in [1.165, 1.54) is 0 Å². The Labute approximate surface area is 144 Å². The van der Waals surface area contributed by atoms with E-state index in [0.717, 1.165) is 22.5 Å². The van der Waals surface area contributed by atoms with Crippen LogP contribution in [-0.2, 0) is 24.8 Å². The molecule has 1 atom stereocenters. The first-order valence-electron chi connectivity index (χ1n) is 7.08. The van der Waals surface area contributed by atoms with Crippen LogP contribution in [0.4, 0.5) is 0 Å². The Kier molecular flexibility index (Phi) is 7.90. The maximum absolute atomic E-state index is 10.9. The summed E-state index contributed by atoms with van der Waals surface area (Å²) in [6.07, 6.45) is 0.445. The molecular weight excluding hydrogens is 353 g/mol. The minimum atomic E-state index is -4.55. The lowest BCUT2D eigenvalue weighted by atomic mass is 10.1. The standard InChI is InChI=1S/C15H18NO6PS/c17-23(18,19)20-12-14(11-13-7-3-1-4-8-13)16-21-22-24-15-9-5-2-6-10-15/h1-10,14,16H,11-12H2,(H2,17,18,19)/t14-/m1/s1. The summed E-state index contributed by atoms with van der Waals surface area (Å²) in [5.74, 6) is 0. The first-order chi connectivity index (χ1) is 11.5. The van der Waals surface area contributed by atoms with Crippen LogP contribution in [0.5, 0.6) is 0 Å². The van der Waals surface area contributed by atoms with Crippen LogP contribution in [0.1, 0.15) is 5.56 Å². The van der Waals surface area contributed by atoms with Crippen molar-refractivity contribution in [1.29, 1.82) is 0 Å². The number of rotatable bonds is 10. The molecule has 0 aliphatic heterocycles. The van der Waals surface area contributed by atoms with Crippen molar-refractivity contribution in [2.45, 2.75) is 17.4 Å². The summed E-state index contributed by atoms with van der Waals surface area (Å²) in [6, 6.07) is 18.2. The lowest BCUT2D eigenvalue weighted by Crippen LogP contribution is -2.35. The highest BCUT2D eigenvalue weighted by Crippen LogP contribution is 2.35. The van der Waals surface area contributed by atoms with Crippen molar-refractivity contribution in [3.8, 4) is 0 Å². The zero-order chi connectivity index (χ0) is 17.3. The van der Waals surface area contributed by atoms with Gasteiger partial charge in [-0.1, -0.05) is 48.5 Å². The minimum absolute atomic E-state index is 0.238. The van der Waals surface area contributed by atoms with Crippen molar-refractivity contribution in [3.05, 3.63) is 66.2 Å². The number of nitrogens with one attached hydrogen (secondary N) is 1. The van der Waals surface area contributed by atoms with Crippen molar-refractivity contribution in [2.75, 3.05) is 6.61 Å². The molecule has 0 radical (unpaired) electrons. The quantitative estimate of drug-likeness (QED) is 0.193. The van der Waals surface area contributed by atoms with Crippen molar-refractivity contribution in [2.24, 2.45) is 0 Å². The van der Waals surface area contributed by atoms with Gasteiger partial charge in [0.15, 0.2) is 0 Å². The fraction of sp³-hybridized carbons (Fsp3) is 0.200. The summed E-state index contributed by atoms with van der Waals surface area (Å²) < 4.78 is 20.4. The Morgan fingerprint density at radius 3 is 2.29 bits per heavy atom. The van der Waals surface area contributed by atoms with Gasteiger partial charge < -0.3 is 9.79 Å².